The molecule has 0 N–H and O–H groups in total. The highest BCUT2D eigenvalue weighted by atomic mass is 16.5. The molecule has 0 spiro atoms. The Morgan fingerprint density at radius 1 is 1.08 bits per heavy atom. The van der Waals surface area contributed by atoms with Crippen molar-refractivity contribution in [2.45, 2.75) is 32.8 Å². The van der Waals surface area contributed by atoms with Crippen LogP contribution in [0.2, 0.25) is 0 Å². The Morgan fingerprint density at radius 3 is 2.60 bits per heavy atom. The molecular weight excluding hydrogens is 312 g/mol. The van der Waals surface area contributed by atoms with Crippen molar-refractivity contribution in [1.29, 1.82) is 0 Å². The van der Waals surface area contributed by atoms with E-state index in [4.69, 9.17) is 9.47 Å². The number of carbonyl (C=O) groups is 1. The Bertz CT molecular complexity index is 730. The van der Waals surface area contributed by atoms with Crippen LogP contribution in [0.5, 0.6) is 11.5 Å². The molecule has 3 heteroatoms. The van der Waals surface area contributed by atoms with Crippen molar-refractivity contribution < 1.29 is 14.3 Å². The molecule has 0 heterocycles. The number of rotatable bonds is 9. The van der Waals surface area contributed by atoms with Crippen LogP contribution in [0.1, 0.15) is 37.3 Å². The molecule has 0 unspecified atom stereocenters. The summed E-state index contributed by atoms with van der Waals surface area (Å²) < 4.78 is 11.9. The Morgan fingerprint density at radius 2 is 1.88 bits per heavy atom. The van der Waals surface area contributed by atoms with Crippen LogP contribution in [0.3, 0.4) is 0 Å². The second kappa shape index (κ2) is 8.52. The SMILES string of the molecule is CCC(=O)C=Cc1ccc(OCc2ccccc2)c(OCC2CC2)c1. The molecule has 0 saturated heterocycles. The molecule has 3 nitrogen and oxygen atoms in total. The lowest BCUT2D eigenvalue weighted by molar-refractivity contribution is -0.114. The first-order chi connectivity index (χ1) is 12.2. The lowest BCUT2D eigenvalue weighted by Crippen LogP contribution is -2.03. The van der Waals surface area contributed by atoms with E-state index in [2.05, 4.69) is 0 Å². The lowest BCUT2D eigenvalue weighted by Gasteiger charge is -2.13. The van der Waals surface area contributed by atoms with Gasteiger partial charge in [0.15, 0.2) is 17.3 Å². The van der Waals surface area contributed by atoms with E-state index in [0.29, 0.717) is 18.9 Å². The third-order valence-electron chi connectivity index (χ3n) is 4.19. The highest BCUT2D eigenvalue weighted by Crippen LogP contribution is 2.34. The van der Waals surface area contributed by atoms with Crippen molar-refractivity contribution in [3.63, 3.8) is 0 Å². The smallest absolute Gasteiger partial charge is 0.161 e. The minimum absolute atomic E-state index is 0.116. The highest BCUT2D eigenvalue weighted by molar-refractivity contribution is 5.93. The number of hydrogen-bond acceptors (Lipinski definition) is 3. The van der Waals surface area contributed by atoms with Gasteiger partial charge in [0, 0.05) is 6.42 Å². The summed E-state index contributed by atoms with van der Waals surface area (Å²) >= 11 is 0. The Kier molecular flexibility index (Phi) is 5.89. The zero-order valence-electron chi connectivity index (χ0n) is 14.6. The van der Waals surface area contributed by atoms with Crippen molar-refractivity contribution in [2.75, 3.05) is 6.61 Å². The van der Waals surface area contributed by atoms with E-state index in [0.717, 1.165) is 29.2 Å². The van der Waals surface area contributed by atoms with Gasteiger partial charge in [-0.25, -0.2) is 0 Å². The second-order valence-electron chi connectivity index (χ2n) is 6.39. The van der Waals surface area contributed by atoms with E-state index in [-0.39, 0.29) is 5.78 Å². The molecule has 1 saturated carbocycles. The van der Waals surface area contributed by atoms with E-state index in [1.54, 1.807) is 6.08 Å². The molecule has 0 atom stereocenters. The lowest BCUT2D eigenvalue weighted by atomic mass is 10.1. The molecular formula is C22H24O3. The number of benzene rings is 2. The van der Waals surface area contributed by atoms with Gasteiger partial charge < -0.3 is 9.47 Å². The molecule has 0 amide bonds. The number of ketones is 1. The van der Waals surface area contributed by atoms with Gasteiger partial charge in [0.1, 0.15) is 6.61 Å². The van der Waals surface area contributed by atoms with Gasteiger partial charge in [0.2, 0.25) is 0 Å². The van der Waals surface area contributed by atoms with Crippen LogP contribution in [0.4, 0.5) is 0 Å². The minimum Gasteiger partial charge on any atom is -0.489 e. The van der Waals surface area contributed by atoms with E-state index in [9.17, 15) is 4.79 Å². The van der Waals surface area contributed by atoms with Crippen LogP contribution < -0.4 is 9.47 Å². The molecule has 1 aliphatic rings. The van der Waals surface area contributed by atoms with Gasteiger partial charge in [-0.3, -0.25) is 4.79 Å². The highest BCUT2D eigenvalue weighted by Gasteiger charge is 2.22. The van der Waals surface area contributed by atoms with Gasteiger partial charge in [-0.05, 0) is 48.1 Å². The third kappa shape index (κ3) is 5.49. The fourth-order valence-electron chi connectivity index (χ4n) is 2.39. The summed E-state index contributed by atoms with van der Waals surface area (Å²) in [6, 6.07) is 15.9. The average molecular weight is 336 g/mol. The molecule has 1 fully saturated rings. The largest absolute Gasteiger partial charge is 0.489 e. The molecule has 2 aromatic rings. The summed E-state index contributed by atoms with van der Waals surface area (Å²) in [6.07, 6.45) is 6.44. The topological polar surface area (TPSA) is 35.5 Å². The van der Waals surface area contributed by atoms with Crippen molar-refractivity contribution >= 4 is 11.9 Å². The molecule has 2 aromatic carbocycles. The van der Waals surface area contributed by atoms with Crippen LogP contribution in [0.25, 0.3) is 6.08 Å². The Balaban J connectivity index is 1.72. The Hall–Kier alpha value is -2.55. The molecule has 0 aromatic heterocycles. The van der Waals surface area contributed by atoms with E-state index in [1.165, 1.54) is 12.8 Å². The zero-order valence-corrected chi connectivity index (χ0v) is 14.6. The fraction of sp³-hybridized carbons (Fsp3) is 0.318. The van der Waals surface area contributed by atoms with Crippen LogP contribution >= 0.6 is 0 Å². The molecule has 3 rings (SSSR count). The Labute approximate surface area is 149 Å². The first kappa shape index (κ1) is 17.3. The number of hydrogen-bond donors (Lipinski definition) is 0. The van der Waals surface area contributed by atoms with Crippen LogP contribution in [0.15, 0.2) is 54.6 Å². The summed E-state index contributed by atoms with van der Waals surface area (Å²) in [5, 5.41) is 0. The summed E-state index contributed by atoms with van der Waals surface area (Å²) in [4.78, 5) is 11.5. The molecule has 130 valence electrons. The van der Waals surface area contributed by atoms with Crippen LogP contribution in [-0.2, 0) is 11.4 Å². The van der Waals surface area contributed by atoms with E-state index < -0.39 is 0 Å². The van der Waals surface area contributed by atoms with Crippen molar-refractivity contribution in [1.82, 2.24) is 0 Å². The summed E-state index contributed by atoms with van der Waals surface area (Å²) in [6.45, 7) is 3.09. The maximum Gasteiger partial charge on any atom is 0.161 e. The minimum atomic E-state index is 0.116. The number of allylic oxidation sites excluding steroid dienone is 1. The van der Waals surface area contributed by atoms with Crippen molar-refractivity contribution in [2.24, 2.45) is 5.92 Å². The molecule has 0 aliphatic heterocycles. The fourth-order valence-corrected chi connectivity index (χ4v) is 2.39. The molecule has 0 bridgehead atoms. The van der Waals surface area contributed by atoms with Crippen molar-refractivity contribution in [3.8, 4) is 11.5 Å². The third-order valence-corrected chi connectivity index (χ3v) is 4.19. The number of carbonyl (C=O) groups excluding carboxylic acids is 1. The summed E-state index contributed by atoms with van der Waals surface area (Å²) in [5.41, 5.74) is 2.06. The first-order valence-corrected chi connectivity index (χ1v) is 8.89. The van der Waals surface area contributed by atoms with E-state index >= 15 is 0 Å². The maximum absolute atomic E-state index is 11.5. The molecule has 25 heavy (non-hydrogen) atoms. The van der Waals surface area contributed by atoms with E-state index in [1.807, 2.05) is 61.5 Å². The molecule has 1 aliphatic carbocycles. The second-order valence-corrected chi connectivity index (χ2v) is 6.39. The van der Waals surface area contributed by atoms with Crippen LogP contribution in [0, 0.1) is 5.92 Å². The normalized spacial score (nSPS) is 13.8. The first-order valence-electron chi connectivity index (χ1n) is 8.89. The van der Waals surface area contributed by atoms with Gasteiger partial charge in [-0.15, -0.1) is 0 Å². The van der Waals surface area contributed by atoms with Gasteiger partial charge in [-0.1, -0.05) is 49.4 Å². The van der Waals surface area contributed by atoms with Gasteiger partial charge in [0.05, 0.1) is 6.61 Å². The maximum atomic E-state index is 11.5. The predicted molar refractivity (Wildman–Crippen MR) is 99.8 cm³/mol. The van der Waals surface area contributed by atoms with Gasteiger partial charge in [-0.2, -0.15) is 0 Å². The monoisotopic (exact) mass is 336 g/mol. The van der Waals surface area contributed by atoms with Crippen molar-refractivity contribution in [3.05, 3.63) is 65.7 Å². The average Bonchev–Trinajstić information content (AvgIpc) is 3.48. The van der Waals surface area contributed by atoms with Gasteiger partial charge >= 0.3 is 0 Å². The predicted octanol–water partition coefficient (Wildman–Crippen LogP) is 5.05. The zero-order chi connectivity index (χ0) is 17.5. The quantitative estimate of drug-likeness (QED) is 0.601. The summed E-state index contributed by atoms with van der Waals surface area (Å²) in [5.74, 6) is 2.27. The standard InChI is InChI=1S/C22H24O3/c1-2-20(23)12-10-17-11-13-21(22(14-17)25-16-19-8-9-19)24-15-18-6-4-3-5-7-18/h3-7,10-14,19H,2,8-9,15-16H2,1H3. The molecule has 0 radical (unpaired) electrons. The summed E-state index contributed by atoms with van der Waals surface area (Å²) in [7, 11) is 0. The van der Waals surface area contributed by atoms with Crippen LogP contribution in [-0.4, -0.2) is 12.4 Å². The van der Waals surface area contributed by atoms with Gasteiger partial charge in [0.25, 0.3) is 0 Å². The number of ether oxygens (including phenoxy) is 2.